The van der Waals surface area contributed by atoms with Gasteiger partial charge in [-0.05, 0) is 38.5 Å². The Morgan fingerprint density at radius 3 is 2.45 bits per heavy atom. The van der Waals surface area contributed by atoms with Gasteiger partial charge in [-0.15, -0.1) is 0 Å². The number of aliphatic carboxylic acids is 1. The standard InChI is InChI=1S/C25H24O6/c1-13-14(2)30-23-16-10-11-25(3,4)31-24(16)19(22(29)20(23)21(13)28)17(12-18(26)27)15-8-6-5-7-9-15/h5-14,29H,1-4H3,(H,26,27)/b17-12-. The highest BCUT2D eigenvalue weighted by Gasteiger charge is 2.40. The molecule has 0 radical (unpaired) electrons. The van der Waals surface area contributed by atoms with Crippen LogP contribution in [0.1, 0.15) is 54.7 Å². The summed E-state index contributed by atoms with van der Waals surface area (Å²) in [7, 11) is 0. The van der Waals surface area contributed by atoms with Crippen LogP contribution in [0.4, 0.5) is 0 Å². The van der Waals surface area contributed by atoms with Crippen LogP contribution in [0.5, 0.6) is 17.2 Å². The number of hydrogen-bond acceptors (Lipinski definition) is 5. The van der Waals surface area contributed by atoms with Gasteiger partial charge >= 0.3 is 5.97 Å². The molecule has 0 bridgehead atoms. The van der Waals surface area contributed by atoms with Crippen LogP contribution in [0.2, 0.25) is 0 Å². The molecule has 0 aromatic heterocycles. The van der Waals surface area contributed by atoms with E-state index in [1.165, 1.54) is 0 Å². The Morgan fingerprint density at radius 1 is 1.13 bits per heavy atom. The second-order valence-electron chi connectivity index (χ2n) is 8.45. The number of ether oxygens (including phenoxy) is 2. The molecule has 2 aromatic rings. The van der Waals surface area contributed by atoms with Gasteiger partial charge in [0.05, 0.1) is 17.0 Å². The van der Waals surface area contributed by atoms with Gasteiger partial charge in [-0.3, -0.25) is 4.79 Å². The van der Waals surface area contributed by atoms with Crippen molar-refractivity contribution in [2.45, 2.75) is 39.4 Å². The van der Waals surface area contributed by atoms with Crippen LogP contribution in [-0.2, 0) is 4.79 Å². The number of aromatic hydroxyl groups is 1. The van der Waals surface area contributed by atoms with Crippen molar-refractivity contribution in [1.29, 1.82) is 0 Å². The summed E-state index contributed by atoms with van der Waals surface area (Å²) in [4.78, 5) is 24.9. The number of Topliss-reactive ketones (excluding diaryl/α,β-unsaturated/α-hetero) is 1. The summed E-state index contributed by atoms with van der Waals surface area (Å²) in [5.41, 5.74) is 0.851. The van der Waals surface area contributed by atoms with Crippen LogP contribution >= 0.6 is 0 Å². The van der Waals surface area contributed by atoms with Gasteiger partial charge < -0.3 is 19.7 Å². The second kappa shape index (κ2) is 7.30. The molecule has 2 aliphatic heterocycles. The van der Waals surface area contributed by atoms with E-state index >= 15 is 0 Å². The molecule has 0 spiro atoms. The topological polar surface area (TPSA) is 93.1 Å². The first kappa shape index (κ1) is 20.7. The zero-order chi connectivity index (χ0) is 22.5. The van der Waals surface area contributed by atoms with Gasteiger partial charge in [0.25, 0.3) is 0 Å². The summed E-state index contributed by atoms with van der Waals surface area (Å²) in [6.07, 6.45) is 4.29. The largest absolute Gasteiger partial charge is 0.506 e. The maximum Gasteiger partial charge on any atom is 0.328 e. The average molecular weight is 420 g/mol. The lowest BCUT2D eigenvalue weighted by molar-refractivity contribution is -0.131. The molecular formula is C25H24O6. The lowest BCUT2D eigenvalue weighted by Crippen LogP contribution is -2.35. The highest BCUT2D eigenvalue weighted by atomic mass is 16.5. The van der Waals surface area contributed by atoms with Gasteiger partial charge in [-0.25, -0.2) is 4.79 Å². The molecule has 0 saturated carbocycles. The first-order valence-electron chi connectivity index (χ1n) is 10.1. The van der Waals surface area contributed by atoms with Gasteiger partial charge in [-0.1, -0.05) is 37.3 Å². The number of carboxylic acid groups (broad SMARTS) is 1. The lowest BCUT2D eigenvalue weighted by Gasteiger charge is -2.35. The van der Waals surface area contributed by atoms with Crippen LogP contribution in [-0.4, -0.2) is 33.7 Å². The summed E-state index contributed by atoms with van der Waals surface area (Å²) in [5.74, 6) is -1.68. The van der Waals surface area contributed by atoms with Crippen LogP contribution in [0, 0.1) is 5.92 Å². The van der Waals surface area contributed by atoms with E-state index in [4.69, 9.17) is 9.47 Å². The molecule has 2 aliphatic rings. The average Bonchev–Trinajstić information content (AvgIpc) is 2.70. The maximum atomic E-state index is 13.2. The Balaban J connectivity index is 2.11. The highest BCUT2D eigenvalue weighted by Crippen LogP contribution is 2.53. The Labute approximate surface area is 180 Å². The molecule has 2 aromatic carbocycles. The highest BCUT2D eigenvalue weighted by molar-refractivity contribution is 6.09. The number of carbonyl (C=O) groups excluding carboxylic acids is 1. The Kier molecular flexibility index (Phi) is 4.88. The van der Waals surface area contributed by atoms with Gasteiger partial charge in [0.15, 0.2) is 5.78 Å². The fraction of sp³-hybridized carbons (Fsp3) is 0.280. The molecule has 2 heterocycles. The van der Waals surface area contributed by atoms with Crippen molar-refractivity contribution in [3.8, 4) is 17.2 Å². The summed E-state index contributed by atoms with van der Waals surface area (Å²) in [6.45, 7) is 7.26. The van der Waals surface area contributed by atoms with Gasteiger partial charge in [0.2, 0.25) is 0 Å². The number of benzene rings is 2. The van der Waals surface area contributed by atoms with E-state index in [-0.39, 0.29) is 45.8 Å². The molecule has 0 amide bonds. The fourth-order valence-corrected chi connectivity index (χ4v) is 3.92. The SMILES string of the molecule is CC1Oc2c3c(c(/C(=C\C(=O)O)c4ccccc4)c(O)c2C(=O)C1C)OC(C)(C)C=C3. The number of hydrogen-bond donors (Lipinski definition) is 2. The molecule has 31 heavy (non-hydrogen) atoms. The van der Waals surface area contributed by atoms with E-state index < -0.39 is 17.5 Å². The number of carbonyl (C=O) groups is 2. The van der Waals surface area contributed by atoms with Crippen LogP contribution < -0.4 is 9.47 Å². The van der Waals surface area contributed by atoms with E-state index in [2.05, 4.69) is 0 Å². The van der Waals surface area contributed by atoms with Crippen molar-refractivity contribution in [3.05, 3.63) is 64.7 Å². The molecule has 0 saturated heterocycles. The number of fused-ring (bicyclic) bond motifs is 3. The first-order valence-corrected chi connectivity index (χ1v) is 10.1. The third kappa shape index (κ3) is 3.48. The van der Waals surface area contributed by atoms with Crippen molar-refractivity contribution in [1.82, 2.24) is 0 Å². The van der Waals surface area contributed by atoms with Gasteiger partial charge in [-0.2, -0.15) is 0 Å². The maximum absolute atomic E-state index is 13.2. The Bertz CT molecular complexity index is 1140. The molecule has 2 N–H and O–H groups in total. The Hall–Kier alpha value is -3.54. The van der Waals surface area contributed by atoms with E-state index in [0.29, 0.717) is 11.1 Å². The third-order valence-electron chi connectivity index (χ3n) is 5.72. The van der Waals surface area contributed by atoms with Gasteiger partial charge in [0.1, 0.15) is 34.5 Å². The van der Waals surface area contributed by atoms with Crippen molar-refractivity contribution in [2.75, 3.05) is 0 Å². The minimum atomic E-state index is -1.18. The predicted octanol–water partition coefficient (Wildman–Crippen LogP) is 4.69. The summed E-state index contributed by atoms with van der Waals surface area (Å²) in [6, 6.07) is 8.85. The number of phenolic OH excluding ortho intramolecular Hbond substituents is 1. The minimum Gasteiger partial charge on any atom is -0.506 e. The molecule has 0 fully saturated rings. The van der Waals surface area contributed by atoms with Crippen molar-refractivity contribution < 1.29 is 29.3 Å². The van der Waals surface area contributed by atoms with Crippen molar-refractivity contribution >= 4 is 23.4 Å². The van der Waals surface area contributed by atoms with E-state index in [1.807, 2.05) is 26.0 Å². The lowest BCUT2D eigenvalue weighted by atomic mass is 9.83. The Morgan fingerprint density at radius 2 is 1.81 bits per heavy atom. The molecule has 2 unspecified atom stereocenters. The van der Waals surface area contributed by atoms with Gasteiger partial charge in [0, 0.05) is 11.6 Å². The first-order chi connectivity index (χ1) is 14.6. The van der Waals surface area contributed by atoms with E-state index in [1.54, 1.807) is 44.2 Å². The quantitative estimate of drug-likeness (QED) is 0.700. The normalized spacial score (nSPS) is 21.5. The molecule has 0 aliphatic carbocycles. The predicted molar refractivity (Wildman–Crippen MR) is 117 cm³/mol. The number of rotatable bonds is 3. The van der Waals surface area contributed by atoms with Crippen LogP contribution in [0.25, 0.3) is 11.6 Å². The van der Waals surface area contributed by atoms with E-state index in [0.717, 1.165) is 6.08 Å². The number of ketones is 1. The van der Waals surface area contributed by atoms with Crippen LogP contribution in [0.15, 0.2) is 42.5 Å². The zero-order valence-electron chi connectivity index (χ0n) is 17.8. The monoisotopic (exact) mass is 420 g/mol. The van der Waals surface area contributed by atoms with E-state index in [9.17, 15) is 19.8 Å². The fourth-order valence-electron chi connectivity index (χ4n) is 3.92. The summed E-state index contributed by atoms with van der Waals surface area (Å²) in [5, 5.41) is 20.9. The smallest absolute Gasteiger partial charge is 0.328 e. The molecular weight excluding hydrogens is 396 g/mol. The minimum absolute atomic E-state index is 0.0551. The number of phenols is 1. The second-order valence-corrected chi connectivity index (χ2v) is 8.45. The molecule has 4 rings (SSSR count). The van der Waals surface area contributed by atoms with Crippen LogP contribution in [0.3, 0.4) is 0 Å². The molecule has 6 nitrogen and oxygen atoms in total. The summed E-state index contributed by atoms with van der Waals surface area (Å²) >= 11 is 0. The van der Waals surface area contributed by atoms with Crippen molar-refractivity contribution in [3.63, 3.8) is 0 Å². The third-order valence-corrected chi connectivity index (χ3v) is 5.72. The molecule has 2 atom stereocenters. The number of carboxylic acids is 1. The van der Waals surface area contributed by atoms with Crippen molar-refractivity contribution in [2.24, 2.45) is 5.92 Å². The molecule has 160 valence electrons. The zero-order valence-corrected chi connectivity index (χ0v) is 17.8. The molecule has 6 heteroatoms. The summed E-state index contributed by atoms with van der Waals surface area (Å²) < 4.78 is 12.2.